The molecule has 2 amide bonds. The zero-order valence-corrected chi connectivity index (χ0v) is 14.0. The Bertz CT molecular complexity index is 593. The van der Waals surface area contributed by atoms with E-state index in [0.717, 1.165) is 37.0 Å². The fourth-order valence-electron chi connectivity index (χ4n) is 5.53. The molecule has 4 aliphatic rings. The van der Waals surface area contributed by atoms with E-state index in [4.69, 9.17) is 0 Å². The first-order valence-corrected chi connectivity index (χ1v) is 9.11. The van der Waals surface area contributed by atoms with E-state index in [0.29, 0.717) is 18.7 Å². The van der Waals surface area contributed by atoms with Crippen molar-refractivity contribution >= 4 is 11.8 Å². The summed E-state index contributed by atoms with van der Waals surface area (Å²) < 4.78 is 0. The topological polar surface area (TPSA) is 71.1 Å². The zero-order valence-electron chi connectivity index (χ0n) is 14.0. The Hall–Kier alpha value is -1.91. The van der Waals surface area contributed by atoms with E-state index in [1.54, 1.807) is 24.5 Å². The number of carbonyl (C=O) groups is 2. The molecule has 5 nitrogen and oxygen atoms in total. The van der Waals surface area contributed by atoms with Gasteiger partial charge in [0, 0.05) is 30.9 Å². The average molecular weight is 327 g/mol. The maximum Gasteiger partial charge on any atom is 0.252 e. The van der Waals surface area contributed by atoms with Gasteiger partial charge in [-0.15, -0.1) is 0 Å². The molecular formula is C19H25N3O2. The number of pyridine rings is 1. The molecule has 4 aliphatic carbocycles. The van der Waals surface area contributed by atoms with Crippen molar-refractivity contribution in [1.82, 2.24) is 15.6 Å². The second kappa shape index (κ2) is 6.19. The number of hydrogen-bond donors (Lipinski definition) is 2. The molecule has 0 aliphatic heterocycles. The summed E-state index contributed by atoms with van der Waals surface area (Å²) in [4.78, 5) is 28.7. The van der Waals surface area contributed by atoms with E-state index in [2.05, 4.69) is 15.6 Å². The molecule has 1 heterocycles. The predicted octanol–water partition coefficient (Wildman–Crippen LogP) is 2.14. The summed E-state index contributed by atoms with van der Waals surface area (Å²) in [5.74, 6) is 2.39. The third-order valence-electron chi connectivity index (χ3n) is 6.14. The summed E-state index contributed by atoms with van der Waals surface area (Å²) in [7, 11) is 0. The minimum atomic E-state index is -0.146. The summed E-state index contributed by atoms with van der Waals surface area (Å²) in [6.45, 7) is 0.943. The predicted molar refractivity (Wildman–Crippen MR) is 90.2 cm³/mol. The molecule has 128 valence electrons. The van der Waals surface area contributed by atoms with Crippen molar-refractivity contribution in [3.8, 4) is 0 Å². The molecule has 5 heteroatoms. The van der Waals surface area contributed by atoms with Crippen LogP contribution in [-0.2, 0) is 4.79 Å². The normalized spacial score (nSPS) is 33.2. The van der Waals surface area contributed by atoms with Crippen molar-refractivity contribution in [2.75, 3.05) is 13.1 Å². The van der Waals surface area contributed by atoms with Crippen LogP contribution >= 0.6 is 0 Å². The Morgan fingerprint density at radius 1 is 1.04 bits per heavy atom. The van der Waals surface area contributed by atoms with Gasteiger partial charge in [0.1, 0.15) is 0 Å². The molecule has 1 aromatic heterocycles. The second-order valence-electron chi connectivity index (χ2n) is 7.95. The number of amides is 2. The lowest BCUT2D eigenvalue weighted by atomic mass is 9.49. The Labute approximate surface area is 142 Å². The molecular weight excluding hydrogens is 302 g/mol. The standard InChI is InChI=1S/C19H25N3O2/c23-17(16-2-1-3-20-12-16)21-4-5-22-18(24)19-9-13-6-14(10-19)8-15(7-13)11-19/h1-3,12-15H,4-11H2,(H,21,23)(H,22,24). The largest absolute Gasteiger partial charge is 0.354 e. The molecule has 0 spiro atoms. The van der Waals surface area contributed by atoms with Gasteiger partial charge in [-0.25, -0.2) is 0 Å². The van der Waals surface area contributed by atoms with Gasteiger partial charge in [-0.1, -0.05) is 0 Å². The molecule has 0 atom stereocenters. The molecule has 5 rings (SSSR count). The Balaban J connectivity index is 1.26. The van der Waals surface area contributed by atoms with Gasteiger partial charge < -0.3 is 10.6 Å². The Morgan fingerprint density at radius 2 is 1.67 bits per heavy atom. The molecule has 1 aromatic rings. The molecule has 0 radical (unpaired) electrons. The Morgan fingerprint density at radius 3 is 2.25 bits per heavy atom. The van der Waals surface area contributed by atoms with E-state index in [1.807, 2.05) is 0 Å². The fourth-order valence-corrected chi connectivity index (χ4v) is 5.53. The smallest absolute Gasteiger partial charge is 0.252 e. The van der Waals surface area contributed by atoms with Crippen LogP contribution in [-0.4, -0.2) is 29.9 Å². The number of hydrogen-bond acceptors (Lipinski definition) is 3. The van der Waals surface area contributed by atoms with Gasteiger partial charge in [0.25, 0.3) is 5.91 Å². The van der Waals surface area contributed by atoms with Crippen molar-refractivity contribution in [2.45, 2.75) is 38.5 Å². The first kappa shape index (κ1) is 15.6. The highest BCUT2D eigenvalue weighted by Crippen LogP contribution is 2.60. The third-order valence-corrected chi connectivity index (χ3v) is 6.14. The molecule has 0 aromatic carbocycles. The van der Waals surface area contributed by atoms with Gasteiger partial charge in [-0.3, -0.25) is 14.6 Å². The maximum absolute atomic E-state index is 12.8. The molecule has 2 N–H and O–H groups in total. The van der Waals surface area contributed by atoms with Crippen molar-refractivity contribution < 1.29 is 9.59 Å². The van der Waals surface area contributed by atoms with Crippen LogP contribution in [0.25, 0.3) is 0 Å². The molecule has 0 saturated heterocycles. The lowest BCUT2D eigenvalue weighted by Crippen LogP contribution is -2.54. The SMILES string of the molecule is O=C(NCCNC(=O)C12CC3CC(CC(C3)C1)C2)c1cccnc1. The van der Waals surface area contributed by atoms with E-state index in [1.165, 1.54) is 19.3 Å². The third kappa shape index (κ3) is 2.92. The van der Waals surface area contributed by atoms with Gasteiger partial charge in [0.05, 0.1) is 5.56 Å². The number of aromatic nitrogens is 1. The fraction of sp³-hybridized carbons (Fsp3) is 0.632. The van der Waals surface area contributed by atoms with Crippen LogP contribution in [0.2, 0.25) is 0 Å². The first-order chi connectivity index (χ1) is 11.6. The van der Waals surface area contributed by atoms with Gasteiger partial charge in [-0.05, 0) is 68.4 Å². The second-order valence-corrected chi connectivity index (χ2v) is 7.95. The number of rotatable bonds is 5. The van der Waals surface area contributed by atoms with E-state index in [9.17, 15) is 9.59 Å². The highest BCUT2D eigenvalue weighted by Gasteiger charge is 2.54. The van der Waals surface area contributed by atoms with Crippen molar-refractivity contribution in [3.05, 3.63) is 30.1 Å². The van der Waals surface area contributed by atoms with E-state index < -0.39 is 0 Å². The van der Waals surface area contributed by atoms with Crippen molar-refractivity contribution in [3.63, 3.8) is 0 Å². The van der Waals surface area contributed by atoms with Gasteiger partial charge in [0.15, 0.2) is 0 Å². The van der Waals surface area contributed by atoms with Crippen molar-refractivity contribution in [2.24, 2.45) is 23.2 Å². The zero-order chi connectivity index (χ0) is 16.6. The van der Waals surface area contributed by atoms with Crippen LogP contribution in [0.4, 0.5) is 0 Å². The Kier molecular flexibility index (Phi) is 4.02. The maximum atomic E-state index is 12.8. The van der Waals surface area contributed by atoms with Crippen LogP contribution < -0.4 is 10.6 Å². The number of nitrogens with one attached hydrogen (secondary N) is 2. The van der Waals surface area contributed by atoms with Crippen LogP contribution in [0.5, 0.6) is 0 Å². The summed E-state index contributed by atoms with van der Waals surface area (Å²) in [6.07, 6.45) is 10.4. The molecule has 4 fully saturated rings. The number of nitrogens with zero attached hydrogens (tertiary/aromatic N) is 1. The van der Waals surface area contributed by atoms with Gasteiger partial charge in [0.2, 0.25) is 5.91 Å². The highest BCUT2D eigenvalue weighted by atomic mass is 16.2. The lowest BCUT2D eigenvalue weighted by Gasteiger charge is -2.55. The molecule has 4 bridgehead atoms. The van der Waals surface area contributed by atoms with Gasteiger partial charge >= 0.3 is 0 Å². The quantitative estimate of drug-likeness (QED) is 0.814. The first-order valence-electron chi connectivity index (χ1n) is 9.11. The van der Waals surface area contributed by atoms with Gasteiger partial charge in [-0.2, -0.15) is 0 Å². The lowest BCUT2D eigenvalue weighted by molar-refractivity contribution is -0.146. The van der Waals surface area contributed by atoms with Crippen molar-refractivity contribution in [1.29, 1.82) is 0 Å². The highest BCUT2D eigenvalue weighted by molar-refractivity contribution is 5.93. The minimum Gasteiger partial charge on any atom is -0.354 e. The summed E-state index contributed by atoms with van der Waals surface area (Å²) in [5.41, 5.74) is 0.437. The number of carbonyl (C=O) groups excluding carboxylic acids is 2. The monoisotopic (exact) mass is 327 g/mol. The molecule has 4 saturated carbocycles. The average Bonchev–Trinajstić information content (AvgIpc) is 2.58. The minimum absolute atomic E-state index is 0.109. The van der Waals surface area contributed by atoms with E-state index in [-0.39, 0.29) is 17.2 Å². The van der Waals surface area contributed by atoms with Crippen LogP contribution in [0.3, 0.4) is 0 Å². The van der Waals surface area contributed by atoms with Crippen LogP contribution in [0, 0.1) is 23.2 Å². The molecule has 24 heavy (non-hydrogen) atoms. The summed E-state index contributed by atoms with van der Waals surface area (Å²) >= 11 is 0. The van der Waals surface area contributed by atoms with Crippen LogP contribution in [0.1, 0.15) is 48.9 Å². The molecule has 0 unspecified atom stereocenters. The summed E-state index contributed by atoms with van der Waals surface area (Å²) in [5, 5.41) is 5.91. The van der Waals surface area contributed by atoms with E-state index >= 15 is 0 Å². The van der Waals surface area contributed by atoms with Crippen LogP contribution in [0.15, 0.2) is 24.5 Å². The summed E-state index contributed by atoms with van der Waals surface area (Å²) in [6, 6.07) is 3.47.